The second-order valence-electron chi connectivity index (χ2n) is 25.5. The number of likely N-dealkylation sites (N-methyl/N-ethyl adjacent to an activating group) is 1. The van der Waals surface area contributed by atoms with Crippen LogP contribution >= 0.6 is 0 Å². The lowest BCUT2D eigenvalue weighted by Crippen LogP contribution is -2.40. The largest absolute Gasteiger partial charge is 0.477 e. The summed E-state index contributed by atoms with van der Waals surface area (Å²) in [5, 5.41) is 9.75. The number of carbonyl (C=O) groups excluding carboxylic acids is 2. The maximum Gasteiger partial charge on any atom is 0.361 e. The Labute approximate surface area is 526 Å². The van der Waals surface area contributed by atoms with Crippen LogP contribution in [0.15, 0.2) is 72.9 Å². The lowest BCUT2D eigenvalue weighted by molar-refractivity contribution is -0.870. The summed E-state index contributed by atoms with van der Waals surface area (Å²) in [6.07, 6.45) is 85.9. The minimum atomic E-state index is -1.51. The van der Waals surface area contributed by atoms with Gasteiger partial charge in [0.1, 0.15) is 13.2 Å². The summed E-state index contributed by atoms with van der Waals surface area (Å²) in [6.45, 7) is 4.81. The topological polar surface area (TPSA) is 108 Å². The van der Waals surface area contributed by atoms with Crippen LogP contribution in [0.3, 0.4) is 0 Å². The van der Waals surface area contributed by atoms with Crippen molar-refractivity contribution in [2.75, 3.05) is 47.5 Å². The van der Waals surface area contributed by atoms with E-state index in [4.69, 9.17) is 18.9 Å². The van der Waals surface area contributed by atoms with Crippen LogP contribution in [-0.2, 0) is 33.3 Å². The van der Waals surface area contributed by atoms with E-state index < -0.39 is 24.3 Å². The quantitative estimate of drug-likeness (QED) is 0.0211. The van der Waals surface area contributed by atoms with Crippen LogP contribution < -0.4 is 0 Å². The van der Waals surface area contributed by atoms with Gasteiger partial charge in [0.2, 0.25) is 0 Å². The molecule has 0 aromatic rings. The number of esters is 2. The Balaban J connectivity index is 4.08. The molecule has 0 rings (SSSR count). The van der Waals surface area contributed by atoms with Gasteiger partial charge >= 0.3 is 17.9 Å². The van der Waals surface area contributed by atoms with E-state index >= 15 is 0 Å². The van der Waals surface area contributed by atoms with Crippen molar-refractivity contribution in [1.82, 2.24) is 0 Å². The minimum absolute atomic E-state index is 0.180. The van der Waals surface area contributed by atoms with Crippen LogP contribution in [0.2, 0.25) is 0 Å². The normalized spacial score (nSPS) is 13.1. The Morgan fingerprint density at radius 1 is 0.365 bits per heavy atom. The van der Waals surface area contributed by atoms with Crippen LogP contribution in [-0.4, -0.2) is 87.4 Å². The lowest BCUT2D eigenvalue weighted by Gasteiger charge is -2.25. The Kier molecular flexibility index (Phi) is 64.1. The summed E-state index contributed by atoms with van der Waals surface area (Å²) in [5.41, 5.74) is 0. The summed E-state index contributed by atoms with van der Waals surface area (Å²) in [5.74, 6) is -1.99. The molecule has 0 aromatic heterocycles. The second-order valence-corrected chi connectivity index (χ2v) is 25.5. The molecule has 0 aliphatic rings. The summed E-state index contributed by atoms with van der Waals surface area (Å²) >= 11 is 0. The van der Waals surface area contributed by atoms with Gasteiger partial charge in [-0.2, -0.15) is 0 Å². The van der Waals surface area contributed by atoms with E-state index in [0.717, 1.165) is 70.6 Å². The molecular weight excluding hydrogens is 1050 g/mol. The Bertz CT molecular complexity index is 1620. The molecule has 0 aliphatic carbocycles. The zero-order valence-electron chi connectivity index (χ0n) is 56.5. The van der Waals surface area contributed by atoms with Gasteiger partial charge in [-0.05, 0) is 83.5 Å². The first kappa shape index (κ1) is 81.7. The number of aliphatic carboxylic acids is 1. The monoisotopic (exact) mass is 1190 g/mol. The first-order valence-corrected chi connectivity index (χ1v) is 36.1. The summed E-state index contributed by atoms with van der Waals surface area (Å²) in [7, 11) is 5.99. The fraction of sp³-hybridized carbons (Fsp3) is 0.803. The van der Waals surface area contributed by atoms with E-state index in [9.17, 15) is 19.5 Å². The molecule has 0 aliphatic heterocycles. The number of nitrogens with zero attached hydrogens (tertiary/aromatic N) is 1. The molecule has 0 aromatic carbocycles. The summed E-state index contributed by atoms with van der Waals surface area (Å²) < 4.78 is 23.0. The van der Waals surface area contributed by atoms with Gasteiger partial charge in [0.15, 0.2) is 6.10 Å². The molecule has 9 heteroatoms. The molecule has 0 fully saturated rings. The fourth-order valence-electron chi connectivity index (χ4n) is 10.5. The van der Waals surface area contributed by atoms with Gasteiger partial charge in [0, 0.05) is 12.8 Å². The van der Waals surface area contributed by atoms with Gasteiger partial charge in [-0.3, -0.25) is 9.59 Å². The van der Waals surface area contributed by atoms with Crippen molar-refractivity contribution in [3.8, 4) is 0 Å². The van der Waals surface area contributed by atoms with Crippen molar-refractivity contribution in [3.05, 3.63) is 72.9 Å². The zero-order chi connectivity index (χ0) is 61.9. The third-order valence-corrected chi connectivity index (χ3v) is 15.9. The highest BCUT2D eigenvalue weighted by atomic mass is 16.7. The lowest BCUT2D eigenvalue weighted by atomic mass is 10.0. The number of allylic oxidation sites excluding steroid dienone is 12. The van der Waals surface area contributed by atoms with Crippen LogP contribution in [0, 0.1) is 0 Å². The van der Waals surface area contributed by atoms with Gasteiger partial charge in [-0.15, -0.1) is 0 Å². The maximum atomic E-state index is 13.0. The molecule has 85 heavy (non-hydrogen) atoms. The number of carbonyl (C=O) groups is 3. The number of carboxylic acid groups (broad SMARTS) is 1. The van der Waals surface area contributed by atoms with Gasteiger partial charge in [-0.1, -0.05) is 311 Å². The van der Waals surface area contributed by atoms with Gasteiger partial charge in [0.05, 0.1) is 34.4 Å². The highest BCUT2D eigenvalue weighted by Crippen LogP contribution is 2.18. The van der Waals surface area contributed by atoms with Crippen molar-refractivity contribution in [2.24, 2.45) is 0 Å². The number of hydrogen-bond donors (Lipinski definition) is 1. The van der Waals surface area contributed by atoms with E-state index in [1.54, 1.807) is 0 Å². The molecule has 2 atom stereocenters. The van der Waals surface area contributed by atoms with Crippen molar-refractivity contribution in [3.63, 3.8) is 0 Å². The Hall–Kier alpha value is -3.27. The SMILES string of the molecule is CC/C=C\C/C=C\C/C=C\C/C=C\C/C=C\CCCCCCCCCCCCCCCCCC(=O)OC(COC(=O)CCCCCCCCCCCCCCCCCCC/C=C\CCCCCCCCCC)COC(OCC[N+](C)(C)C)C(=O)O. The number of ether oxygens (including phenoxy) is 4. The molecule has 0 spiro atoms. The zero-order valence-corrected chi connectivity index (χ0v) is 56.5. The van der Waals surface area contributed by atoms with Crippen molar-refractivity contribution in [1.29, 1.82) is 0 Å². The van der Waals surface area contributed by atoms with Gasteiger partial charge in [0.25, 0.3) is 6.29 Å². The van der Waals surface area contributed by atoms with Gasteiger partial charge in [-0.25, -0.2) is 4.79 Å². The van der Waals surface area contributed by atoms with Crippen LogP contribution in [0.1, 0.15) is 335 Å². The number of carboxylic acids is 1. The van der Waals surface area contributed by atoms with E-state index in [1.807, 2.05) is 21.1 Å². The first-order chi connectivity index (χ1) is 41.6. The second kappa shape index (κ2) is 66.7. The number of rotatable bonds is 67. The third kappa shape index (κ3) is 68.1. The molecule has 494 valence electrons. The van der Waals surface area contributed by atoms with E-state index in [-0.39, 0.29) is 32.2 Å². The maximum absolute atomic E-state index is 13.0. The molecule has 0 bridgehead atoms. The molecule has 0 heterocycles. The molecule has 0 saturated heterocycles. The van der Waals surface area contributed by atoms with Crippen LogP contribution in [0.25, 0.3) is 0 Å². The third-order valence-electron chi connectivity index (χ3n) is 15.9. The van der Waals surface area contributed by atoms with Crippen molar-refractivity contribution >= 4 is 17.9 Å². The molecule has 0 saturated carbocycles. The molecule has 9 nitrogen and oxygen atoms in total. The molecule has 2 unspecified atom stereocenters. The molecule has 0 radical (unpaired) electrons. The molecular formula is C76H138NO8+. The Morgan fingerprint density at radius 3 is 1.01 bits per heavy atom. The minimum Gasteiger partial charge on any atom is -0.477 e. The number of unbranched alkanes of at least 4 members (excludes halogenated alkanes) is 40. The number of quaternary nitrogens is 1. The molecule has 0 amide bonds. The average molecular weight is 1190 g/mol. The molecule has 1 N–H and O–H groups in total. The van der Waals surface area contributed by atoms with Gasteiger partial charge < -0.3 is 28.5 Å². The predicted octanol–water partition coefficient (Wildman–Crippen LogP) is 22.5. The predicted molar refractivity (Wildman–Crippen MR) is 364 cm³/mol. The number of hydrogen-bond acceptors (Lipinski definition) is 7. The average Bonchev–Trinajstić information content (AvgIpc) is 3.49. The highest BCUT2D eigenvalue weighted by Gasteiger charge is 2.25. The van der Waals surface area contributed by atoms with Crippen LogP contribution in [0.5, 0.6) is 0 Å². The van der Waals surface area contributed by atoms with E-state index in [0.29, 0.717) is 17.4 Å². The van der Waals surface area contributed by atoms with E-state index in [2.05, 4.69) is 86.8 Å². The summed E-state index contributed by atoms with van der Waals surface area (Å²) in [4.78, 5) is 37.7. The fourth-order valence-corrected chi connectivity index (χ4v) is 10.5. The van der Waals surface area contributed by atoms with E-state index in [1.165, 1.54) is 238 Å². The van der Waals surface area contributed by atoms with Crippen LogP contribution in [0.4, 0.5) is 0 Å². The highest BCUT2D eigenvalue weighted by molar-refractivity contribution is 5.71. The first-order valence-electron chi connectivity index (χ1n) is 36.1. The summed E-state index contributed by atoms with van der Waals surface area (Å²) in [6, 6.07) is 0. The van der Waals surface area contributed by atoms with Crippen molar-refractivity contribution in [2.45, 2.75) is 347 Å². The smallest absolute Gasteiger partial charge is 0.361 e. The standard InChI is InChI=1S/C76H137NO8/c1-6-8-10-12-14-16-18-20-22-24-26-28-30-32-34-36-37-39-41-43-45-47-49-51-53-55-57-59-61-63-65-67-74(79)85-72(71-84-76(75(80)81)82-69-68-77(3,4)5)70-83-73(78)66-64-62-60-58-56-54-52-50-48-46-44-42-40-38-35-33-31-29-27-25-23-21-19-17-15-13-11-9-7-2/h8,10,14,16,20,22,25-28,32,34,72,76H,6-7,9,11-13,15,17-19,21,23-24,29-31,33,35-71H2,1-5H3/p+1/b10-8-,16-14-,22-20-,27-25-,28-26-,34-32-. The Morgan fingerprint density at radius 2 is 0.671 bits per heavy atom. The van der Waals surface area contributed by atoms with Crippen molar-refractivity contribution < 1.29 is 42.9 Å².